The SMILES string of the molecule is C/C=C(\C=C(C)C)N1CCN2CCC(C=O)CC2C1.CC.CC.CC.CCC.Cc1ccc(OC(C)(F)F)cc1. The lowest BCUT2D eigenvalue weighted by atomic mass is 9.90. The minimum absolute atomic E-state index is 0.188. The van der Waals surface area contributed by atoms with Gasteiger partial charge in [0.05, 0.1) is 0 Å². The number of carbonyl (C=O) groups is 1. The second-order valence-corrected chi connectivity index (χ2v) is 9.42. The van der Waals surface area contributed by atoms with E-state index in [1.807, 2.05) is 48.5 Å². The number of hydrogen-bond acceptors (Lipinski definition) is 4. The third kappa shape index (κ3) is 19.8. The van der Waals surface area contributed by atoms with Crippen molar-refractivity contribution in [1.29, 1.82) is 0 Å². The molecule has 2 atom stereocenters. The summed E-state index contributed by atoms with van der Waals surface area (Å²) < 4.78 is 28.9. The lowest BCUT2D eigenvalue weighted by Crippen LogP contribution is -2.55. The highest BCUT2D eigenvalue weighted by molar-refractivity contribution is 5.53. The molecule has 0 amide bonds. The first-order chi connectivity index (χ1) is 19.0. The fourth-order valence-corrected chi connectivity index (χ4v) is 4.03. The topological polar surface area (TPSA) is 32.8 Å². The summed E-state index contributed by atoms with van der Waals surface area (Å²) in [7, 11) is 0. The van der Waals surface area contributed by atoms with Crippen molar-refractivity contribution in [3.8, 4) is 5.75 Å². The number of aryl methyl sites for hydroxylation is 1. The molecular weight excluding hydrogens is 506 g/mol. The molecule has 2 aliphatic rings. The summed E-state index contributed by atoms with van der Waals surface area (Å²) in [5.41, 5.74) is 3.68. The number of hydrogen-bond donors (Lipinski definition) is 0. The standard InChI is InChI=1S/C16H26N2O.C9H10F2O.C3H8.3C2H6/c1-4-15(9-13(2)3)18-8-7-17-6-5-14(12-19)10-16(17)11-18;1-7-3-5-8(6-4-7)12-9(2,10)11;1-3-2;3*1-2/h4,9,12,14,16H,5-8,10-11H2,1-3H3;3-6H,1-2H3;3H2,1-2H3;3*1-2H3/b15-4+;;;;;. The molecule has 0 spiro atoms. The van der Waals surface area contributed by atoms with Gasteiger partial charge < -0.3 is 14.4 Å². The van der Waals surface area contributed by atoms with Crippen LogP contribution >= 0.6 is 0 Å². The Labute approximate surface area is 246 Å². The van der Waals surface area contributed by atoms with E-state index in [0.717, 1.165) is 50.9 Å². The monoisotopic (exact) mass is 568 g/mol. The minimum atomic E-state index is -3.10. The first-order valence-corrected chi connectivity index (χ1v) is 15.4. The fourth-order valence-electron chi connectivity index (χ4n) is 4.03. The Hall–Kier alpha value is -2.21. The van der Waals surface area contributed by atoms with Gasteiger partial charge in [-0.3, -0.25) is 4.90 Å². The van der Waals surface area contributed by atoms with Gasteiger partial charge in [-0.05, 0) is 65.3 Å². The summed E-state index contributed by atoms with van der Waals surface area (Å²) in [6.07, 6.45) is 5.84. The van der Waals surface area contributed by atoms with Gasteiger partial charge in [-0.15, -0.1) is 0 Å². The van der Waals surface area contributed by atoms with Crippen LogP contribution in [0.25, 0.3) is 0 Å². The van der Waals surface area contributed by atoms with Gasteiger partial charge in [0.15, 0.2) is 0 Å². The maximum absolute atomic E-state index is 12.3. The van der Waals surface area contributed by atoms with Crippen LogP contribution in [-0.2, 0) is 4.79 Å². The summed E-state index contributed by atoms with van der Waals surface area (Å²) in [5.74, 6) is 0.465. The van der Waals surface area contributed by atoms with Gasteiger partial charge in [0.2, 0.25) is 0 Å². The predicted molar refractivity (Wildman–Crippen MR) is 171 cm³/mol. The third-order valence-corrected chi connectivity index (χ3v) is 5.57. The Bertz CT molecular complexity index is 782. The predicted octanol–water partition coefficient (Wildman–Crippen LogP) is 9.93. The molecule has 0 aromatic heterocycles. The van der Waals surface area contributed by atoms with Gasteiger partial charge in [0.25, 0.3) is 0 Å². The largest absolute Gasteiger partial charge is 0.433 e. The van der Waals surface area contributed by atoms with E-state index in [0.29, 0.717) is 13.0 Å². The summed E-state index contributed by atoms with van der Waals surface area (Å²) in [4.78, 5) is 16.0. The average molecular weight is 569 g/mol. The highest BCUT2D eigenvalue weighted by atomic mass is 19.3. The van der Waals surface area contributed by atoms with Crippen molar-refractivity contribution in [2.24, 2.45) is 5.92 Å². The van der Waals surface area contributed by atoms with E-state index in [1.54, 1.807) is 12.1 Å². The van der Waals surface area contributed by atoms with Gasteiger partial charge >= 0.3 is 6.11 Å². The molecule has 3 rings (SSSR count). The molecule has 2 saturated heterocycles. The normalized spacial score (nSPS) is 18.0. The zero-order chi connectivity index (χ0) is 31.7. The maximum Gasteiger partial charge on any atom is 0.394 e. The fraction of sp³-hybridized carbons (Fsp3) is 0.676. The summed E-state index contributed by atoms with van der Waals surface area (Å²) >= 11 is 0. The first kappa shape index (κ1) is 42.3. The van der Waals surface area contributed by atoms with Crippen molar-refractivity contribution in [3.63, 3.8) is 0 Å². The Morgan fingerprint density at radius 3 is 1.95 bits per heavy atom. The van der Waals surface area contributed by atoms with Crippen molar-refractivity contribution >= 4 is 6.29 Å². The minimum Gasteiger partial charge on any atom is -0.433 e. The van der Waals surface area contributed by atoms with Gasteiger partial charge in [-0.2, -0.15) is 8.78 Å². The van der Waals surface area contributed by atoms with Crippen LogP contribution in [-0.4, -0.2) is 54.4 Å². The molecule has 0 saturated carbocycles. The Morgan fingerprint density at radius 2 is 1.52 bits per heavy atom. The van der Waals surface area contributed by atoms with Crippen LogP contribution in [0.5, 0.6) is 5.75 Å². The van der Waals surface area contributed by atoms with E-state index in [1.165, 1.54) is 29.8 Å². The molecule has 0 bridgehead atoms. The molecule has 4 nitrogen and oxygen atoms in total. The zero-order valence-electron chi connectivity index (χ0n) is 28.1. The van der Waals surface area contributed by atoms with Gasteiger partial charge in [-0.25, -0.2) is 0 Å². The lowest BCUT2D eigenvalue weighted by Gasteiger charge is -2.46. The molecule has 2 fully saturated rings. The number of piperidine rings is 1. The molecule has 6 heteroatoms. The van der Waals surface area contributed by atoms with E-state index < -0.39 is 6.11 Å². The highest BCUT2D eigenvalue weighted by Crippen LogP contribution is 2.26. The second kappa shape index (κ2) is 25.7. The molecule has 40 heavy (non-hydrogen) atoms. The number of nitrogens with zero attached hydrogens (tertiary/aromatic N) is 2. The number of piperazine rings is 1. The number of aldehydes is 1. The number of carbonyl (C=O) groups excluding carboxylic acids is 1. The first-order valence-electron chi connectivity index (χ1n) is 15.4. The van der Waals surface area contributed by atoms with Crippen molar-refractivity contribution in [2.75, 3.05) is 26.2 Å². The summed E-state index contributed by atoms with van der Waals surface area (Å²) in [6, 6.07) is 7.04. The smallest absolute Gasteiger partial charge is 0.394 e. The van der Waals surface area contributed by atoms with Crippen LogP contribution in [0.2, 0.25) is 0 Å². The number of alkyl halides is 2. The van der Waals surface area contributed by atoms with Crippen LogP contribution in [0, 0.1) is 12.8 Å². The molecular formula is C34H62F2N2O2. The van der Waals surface area contributed by atoms with Crippen LogP contribution in [0.1, 0.15) is 108 Å². The number of halogens is 2. The van der Waals surface area contributed by atoms with Crippen LogP contribution in [0.4, 0.5) is 8.78 Å². The van der Waals surface area contributed by atoms with Crippen LogP contribution in [0.3, 0.4) is 0 Å². The van der Waals surface area contributed by atoms with E-state index in [2.05, 4.69) is 61.3 Å². The van der Waals surface area contributed by atoms with Gasteiger partial charge in [0.1, 0.15) is 12.0 Å². The molecule has 1 aromatic carbocycles. The molecule has 0 radical (unpaired) electrons. The Kier molecular flexibility index (Phi) is 27.2. The van der Waals surface area contributed by atoms with E-state index in [-0.39, 0.29) is 11.7 Å². The number of ether oxygens (including phenoxy) is 1. The molecule has 1 aromatic rings. The number of rotatable bonds is 5. The van der Waals surface area contributed by atoms with Crippen LogP contribution in [0.15, 0.2) is 47.7 Å². The van der Waals surface area contributed by atoms with Crippen molar-refractivity contribution in [1.82, 2.24) is 9.80 Å². The number of allylic oxidation sites excluding steroid dienone is 3. The third-order valence-electron chi connectivity index (χ3n) is 5.57. The summed E-state index contributed by atoms with van der Waals surface area (Å²) in [5, 5.41) is 0. The van der Waals surface area contributed by atoms with Crippen molar-refractivity contribution in [3.05, 3.63) is 53.3 Å². The molecule has 0 aliphatic carbocycles. The average Bonchev–Trinajstić information content (AvgIpc) is 2.95. The van der Waals surface area contributed by atoms with Crippen molar-refractivity contribution < 1.29 is 18.3 Å². The van der Waals surface area contributed by atoms with Gasteiger partial charge in [0, 0.05) is 44.2 Å². The molecule has 2 heterocycles. The highest BCUT2D eigenvalue weighted by Gasteiger charge is 2.33. The Balaban J connectivity index is -0.000000560. The molecule has 234 valence electrons. The lowest BCUT2D eigenvalue weighted by molar-refractivity contribution is -0.158. The second-order valence-electron chi connectivity index (χ2n) is 9.42. The van der Waals surface area contributed by atoms with E-state index >= 15 is 0 Å². The molecule has 2 unspecified atom stereocenters. The maximum atomic E-state index is 12.3. The summed E-state index contributed by atoms with van der Waals surface area (Å²) in [6.45, 7) is 29.6. The quantitative estimate of drug-likeness (QED) is 0.261. The van der Waals surface area contributed by atoms with E-state index in [9.17, 15) is 13.6 Å². The zero-order valence-corrected chi connectivity index (χ0v) is 28.1. The molecule has 0 N–H and O–H groups in total. The Morgan fingerprint density at radius 1 is 1.00 bits per heavy atom. The number of benzene rings is 1. The van der Waals surface area contributed by atoms with E-state index in [4.69, 9.17) is 0 Å². The van der Waals surface area contributed by atoms with Crippen molar-refractivity contribution in [2.45, 2.75) is 121 Å². The van der Waals surface area contributed by atoms with Gasteiger partial charge in [-0.1, -0.05) is 91.2 Å². The molecule has 2 aliphatic heterocycles. The number of fused-ring (bicyclic) bond motifs is 1. The van der Waals surface area contributed by atoms with Crippen LogP contribution < -0.4 is 4.74 Å².